The van der Waals surface area contributed by atoms with Gasteiger partial charge in [0.1, 0.15) is 22.4 Å². The van der Waals surface area contributed by atoms with Crippen molar-refractivity contribution >= 4 is 17.4 Å². The summed E-state index contributed by atoms with van der Waals surface area (Å²) in [5.74, 6) is 0.806. The van der Waals surface area contributed by atoms with Crippen LogP contribution in [0.4, 0.5) is 4.79 Å². The van der Waals surface area contributed by atoms with Crippen LogP contribution in [-0.4, -0.2) is 29.4 Å². The highest BCUT2D eigenvalue weighted by Gasteiger charge is 2.19. The average molecular weight is 348 g/mol. The van der Waals surface area contributed by atoms with Crippen molar-refractivity contribution in [2.45, 2.75) is 39.7 Å². The van der Waals surface area contributed by atoms with Gasteiger partial charge in [-0.15, -0.1) is 10.2 Å². The Morgan fingerprint density at radius 1 is 1.25 bits per heavy atom. The van der Waals surface area contributed by atoms with E-state index in [0.29, 0.717) is 19.7 Å². The molecule has 2 amide bonds. The van der Waals surface area contributed by atoms with Gasteiger partial charge in [-0.1, -0.05) is 44.2 Å². The SMILES string of the molecule is Cc1cccc(OCCNC(=O)NCc2nnc(C(C)(C)C)s2)c1. The first kappa shape index (κ1) is 18.2. The lowest BCUT2D eigenvalue weighted by atomic mass is 9.98. The predicted octanol–water partition coefficient (Wildman–Crippen LogP) is 3.02. The second-order valence-electron chi connectivity index (χ2n) is 6.53. The van der Waals surface area contributed by atoms with Gasteiger partial charge in [0.2, 0.25) is 0 Å². The van der Waals surface area contributed by atoms with Crippen LogP contribution in [0, 0.1) is 6.92 Å². The summed E-state index contributed by atoms with van der Waals surface area (Å²) < 4.78 is 5.58. The van der Waals surface area contributed by atoms with Gasteiger partial charge in [-0.05, 0) is 24.6 Å². The molecule has 0 aliphatic carbocycles. The molecule has 6 nitrogen and oxygen atoms in total. The summed E-state index contributed by atoms with van der Waals surface area (Å²) in [6, 6.07) is 7.57. The van der Waals surface area contributed by atoms with Crippen molar-refractivity contribution in [1.82, 2.24) is 20.8 Å². The number of hydrogen-bond acceptors (Lipinski definition) is 5. The second kappa shape index (κ2) is 8.10. The van der Waals surface area contributed by atoms with Gasteiger partial charge in [-0.25, -0.2) is 4.79 Å². The Bertz CT molecular complexity index is 679. The summed E-state index contributed by atoms with van der Waals surface area (Å²) in [5.41, 5.74) is 1.12. The van der Waals surface area contributed by atoms with Crippen LogP contribution in [0.5, 0.6) is 5.75 Å². The first-order valence-electron chi connectivity index (χ1n) is 7.88. The summed E-state index contributed by atoms with van der Waals surface area (Å²) in [5, 5.41) is 15.6. The van der Waals surface area contributed by atoms with Crippen LogP contribution < -0.4 is 15.4 Å². The number of aromatic nitrogens is 2. The number of nitrogens with zero attached hydrogens (tertiary/aromatic N) is 2. The number of carbonyl (C=O) groups is 1. The summed E-state index contributed by atoms with van der Waals surface area (Å²) >= 11 is 1.52. The van der Waals surface area contributed by atoms with Crippen molar-refractivity contribution in [3.8, 4) is 5.75 Å². The molecular formula is C17H24N4O2S. The van der Waals surface area contributed by atoms with Gasteiger partial charge >= 0.3 is 6.03 Å². The minimum absolute atomic E-state index is 0.0225. The fourth-order valence-corrected chi connectivity index (χ4v) is 2.72. The Labute approximate surface area is 146 Å². The smallest absolute Gasteiger partial charge is 0.315 e. The normalized spacial score (nSPS) is 11.2. The van der Waals surface area contributed by atoms with E-state index < -0.39 is 0 Å². The molecule has 2 rings (SSSR count). The lowest BCUT2D eigenvalue weighted by Gasteiger charge is -2.12. The fraction of sp³-hybridized carbons (Fsp3) is 0.471. The molecule has 1 aromatic carbocycles. The Hall–Kier alpha value is -2.15. The Morgan fingerprint density at radius 3 is 2.71 bits per heavy atom. The Morgan fingerprint density at radius 2 is 2.04 bits per heavy atom. The summed E-state index contributed by atoms with van der Waals surface area (Å²) in [7, 11) is 0. The zero-order chi connectivity index (χ0) is 17.6. The number of rotatable bonds is 6. The Balaban J connectivity index is 1.66. The molecule has 0 unspecified atom stereocenters. The van der Waals surface area contributed by atoms with Crippen molar-refractivity contribution in [3.63, 3.8) is 0 Å². The largest absolute Gasteiger partial charge is 0.492 e. The van der Waals surface area contributed by atoms with Gasteiger partial charge in [0.15, 0.2) is 0 Å². The molecule has 0 fully saturated rings. The first-order valence-corrected chi connectivity index (χ1v) is 8.70. The lowest BCUT2D eigenvalue weighted by Crippen LogP contribution is -2.37. The molecule has 0 saturated heterocycles. The van der Waals surface area contributed by atoms with E-state index >= 15 is 0 Å². The quantitative estimate of drug-likeness (QED) is 0.787. The maximum absolute atomic E-state index is 11.8. The van der Waals surface area contributed by atoms with Gasteiger partial charge in [-0.2, -0.15) is 0 Å². The molecule has 130 valence electrons. The van der Waals surface area contributed by atoms with Gasteiger partial charge in [-0.3, -0.25) is 0 Å². The average Bonchev–Trinajstić information content (AvgIpc) is 2.99. The summed E-state index contributed by atoms with van der Waals surface area (Å²) in [6.07, 6.45) is 0. The number of carbonyl (C=O) groups excluding carboxylic acids is 1. The van der Waals surface area contributed by atoms with E-state index in [0.717, 1.165) is 21.3 Å². The summed E-state index contributed by atoms with van der Waals surface area (Å²) in [4.78, 5) is 11.8. The van der Waals surface area contributed by atoms with Crippen LogP contribution in [0.1, 0.15) is 36.3 Å². The fourth-order valence-electron chi connectivity index (χ4n) is 1.89. The molecule has 2 aromatic rings. The van der Waals surface area contributed by atoms with Crippen LogP contribution in [0.3, 0.4) is 0 Å². The minimum atomic E-state index is -0.240. The van der Waals surface area contributed by atoms with E-state index in [1.165, 1.54) is 11.3 Å². The zero-order valence-corrected chi connectivity index (χ0v) is 15.4. The van der Waals surface area contributed by atoms with Crippen LogP contribution >= 0.6 is 11.3 Å². The van der Waals surface area contributed by atoms with Crippen LogP contribution in [0.25, 0.3) is 0 Å². The molecule has 0 aliphatic rings. The Kier molecular flexibility index (Phi) is 6.14. The van der Waals surface area contributed by atoms with Crippen LogP contribution in [-0.2, 0) is 12.0 Å². The highest BCUT2D eigenvalue weighted by molar-refractivity contribution is 7.11. The van der Waals surface area contributed by atoms with Gasteiger partial charge in [0, 0.05) is 5.41 Å². The summed E-state index contributed by atoms with van der Waals surface area (Å²) in [6.45, 7) is 9.51. The number of urea groups is 1. The highest BCUT2D eigenvalue weighted by atomic mass is 32.1. The van der Waals surface area contributed by atoms with E-state index in [9.17, 15) is 4.79 Å². The third-order valence-electron chi connectivity index (χ3n) is 3.15. The number of nitrogens with one attached hydrogen (secondary N) is 2. The van der Waals surface area contributed by atoms with E-state index in [1.54, 1.807) is 0 Å². The number of amides is 2. The van der Waals surface area contributed by atoms with Gasteiger partial charge in [0.05, 0.1) is 13.1 Å². The third kappa shape index (κ3) is 5.81. The number of ether oxygens (including phenoxy) is 1. The monoisotopic (exact) mass is 348 g/mol. The predicted molar refractivity (Wildman–Crippen MR) is 95.5 cm³/mol. The maximum Gasteiger partial charge on any atom is 0.315 e. The maximum atomic E-state index is 11.8. The van der Waals surface area contributed by atoms with E-state index in [-0.39, 0.29) is 11.4 Å². The first-order chi connectivity index (χ1) is 11.3. The van der Waals surface area contributed by atoms with Gasteiger partial charge in [0.25, 0.3) is 0 Å². The molecule has 0 radical (unpaired) electrons. The van der Waals surface area contributed by atoms with Crippen molar-refractivity contribution in [2.75, 3.05) is 13.2 Å². The molecule has 7 heteroatoms. The molecular weight excluding hydrogens is 324 g/mol. The second-order valence-corrected chi connectivity index (χ2v) is 7.59. The van der Waals surface area contributed by atoms with E-state index in [2.05, 4.69) is 41.6 Å². The standard InChI is InChI=1S/C17H24N4O2S/c1-12-6-5-7-13(10-12)23-9-8-18-16(22)19-11-14-20-21-15(24-14)17(2,3)4/h5-7,10H,8-9,11H2,1-4H3,(H2,18,19,22). The van der Waals surface area contributed by atoms with Crippen molar-refractivity contribution in [1.29, 1.82) is 0 Å². The molecule has 24 heavy (non-hydrogen) atoms. The van der Waals surface area contributed by atoms with Crippen molar-refractivity contribution in [3.05, 3.63) is 39.8 Å². The number of benzene rings is 1. The minimum Gasteiger partial charge on any atom is -0.492 e. The van der Waals surface area contributed by atoms with Crippen LogP contribution in [0.2, 0.25) is 0 Å². The topological polar surface area (TPSA) is 76.1 Å². The molecule has 0 atom stereocenters. The molecule has 1 aromatic heterocycles. The van der Waals surface area contributed by atoms with Crippen LogP contribution in [0.15, 0.2) is 24.3 Å². The van der Waals surface area contributed by atoms with Gasteiger partial charge < -0.3 is 15.4 Å². The lowest BCUT2D eigenvalue weighted by molar-refractivity contribution is 0.236. The molecule has 0 bridgehead atoms. The van der Waals surface area contributed by atoms with E-state index in [1.807, 2.05) is 31.2 Å². The molecule has 1 heterocycles. The highest BCUT2D eigenvalue weighted by Crippen LogP contribution is 2.25. The molecule has 0 saturated carbocycles. The molecule has 2 N–H and O–H groups in total. The molecule has 0 spiro atoms. The molecule has 0 aliphatic heterocycles. The zero-order valence-electron chi connectivity index (χ0n) is 14.5. The van der Waals surface area contributed by atoms with Crippen molar-refractivity contribution in [2.24, 2.45) is 0 Å². The van der Waals surface area contributed by atoms with E-state index in [4.69, 9.17) is 4.74 Å². The third-order valence-corrected chi connectivity index (χ3v) is 4.50. The number of hydrogen-bond donors (Lipinski definition) is 2. The number of aryl methyl sites for hydroxylation is 1. The van der Waals surface area contributed by atoms with Crippen molar-refractivity contribution < 1.29 is 9.53 Å².